The third-order valence-electron chi connectivity index (χ3n) is 4.25. The Morgan fingerprint density at radius 2 is 1.93 bits per heavy atom. The van der Waals surface area contributed by atoms with Gasteiger partial charge in [-0.15, -0.1) is 0 Å². The number of aryl methyl sites for hydroxylation is 1. The zero-order valence-corrected chi connectivity index (χ0v) is 17.3. The van der Waals surface area contributed by atoms with E-state index in [1.54, 1.807) is 22.3 Å². The molecule has 2 aromatic heterocycles. The first-order valence-electron chi connectivity index (χ1n) is 9.17. The van der Waals surface area contributed by atoms with Crippen molar-refractivity contribution in [1.29, 1.82) is 0 Å². The number of nitrogens with one attached hydrogen (secondary N) is 1. The second kappa shape index (κ2) is 8.71. The summed E-state index contributed by atoms with van der Waals surface area (Å²) in [5, 5.41) is 4.04. The van der Waals surface area contributed by atoms with Crippen LogP contribution in [-0.4, -0.2) is 31.9 Å². The van der Waals surface area contributed by atoms with Gasteiger partial charge in [-0.3, -0.25) is 9.89 Å². The molecule has 0 unspecified atom stereocenters. The fourth-order valence-corrected chi connectivity index (χ4v) is 3.83. The number of fused-ring (bicyclic) bond motifs is 1. The standard InChI is InChI=1S/C21H19ClN4O2S/c1-14-7-9-15(10-8-14)20-23-18-13-19(27)25-26(18)21(24-20)29-12-4-11-28-17-6-3-2-5-16(17)22/h2-3,5-10,13H,4,11-12H2,1H3,(H,25,27). The molecule has 8 heteroatoms. The maximum atomic E-state index is 11.8. The number of thioether (sulfide) groups is 1. The Morgan fingerprint density at radius 3 is 2.72 bits per heavy atom. The van der Waals surface area contributed by atoms with Gasteiger partial charge in [0.2, 0.25) is 0 Å². The van der Waals surface area contributed by atoms with Crippen molar-refractivity contribution in [3.63, 3.8) is 0 Å². The Bertz CT molecular complexity index is 1190. The molecule has 0 amide bonds. The van der Waals surface area contributed by atoms with Crippen molar-refractivity contribution < 1.29 is 4.74 Å². The van der Waals surface area contributed by atoms with Gasteiger partial charge in [-0.25, -0.2) is 14.5 Å². The summed E-state index contributed by atoms with van der Waals surface area (Å²) >= 11 is 7.65. The smallest absolute Gasteiger partial charge is 0.266 e. The van der Waals surface area contributed by atoms with Gasteiger partial charge < -0.3 is 4.74 Å². The zero-order chi connectivity index (χ0) is 20.2. The van der Waals surface area contributed by atoms with Gasteiger partial charge in [0.25, 0.3) is 5.56 Å². The number of benzene rings is 2. The number of para-hydroxylation sites is 1. The molecule has 2 aromatic carbocycles. The van der Waals surface area contributed by atoms with Crippen molar-refractivity contribution in [3.8, 4) is 17.1 Å². The van der Waals surface area contributed by atoms with Crippen molar-refractivity contribution in [2.45, 2.75) is 18.5 Å². The maximum Gasteiger partial charge on any atom is 0.266 e. The average Bonchev–Trinajstić information content (AvgIpc) is 3.10. The molecule has 148 valence electrons. The molecule has 0 aliphatic carbocycles. The Morgan fingerprint density at radius 1 is 1.14 bits per heavy atom. The van der Waals surface area contributed by atoms with Gasteiger partial charge in [-0.1, -0.05) is 65.3 Å². The number of H-pyrrole nitrogens is 1. The van der Waals surface area contributed by atoms with Crippen LogP contribution in [0.4, 0.5) is 0 Å². The first kappa shape index (κ1) is 19.5. The first-order chi connectivity index (χ1) is 14.1. The van der Waals surface area contributed by atoms with Crippen molar-refractivity contribution in [3.05, 3.63) is 75.5 Å². The molecule has 4 rings (SSSR count). The summed E-state index contributed by atoms with van der Waals surface area (Å²) in [5.41, 5.74) is 2.43. The molecular formula is C21H19ClN4O2S. The number of aromatic nitrogens is 4. The number of aromatic amines is 1. The summed E-state index contributed by atoms with van der Waals surface area (Å²) in [6.07, 6.45) is 0.798. The van der Waals surface area contributed by atoms with Gasteiger partial charge in [-0.05, 0) is 25.5 Å². The maximum absolute atomic E-state index is 11.8. The monoisotopic (exact) mass is 426 g/mol. The SMILES string of the molecule is Cc1ccc(-c2nc(SCCCOc3ccccc3Cl)n3[nH]c(=O)cc3n2)cc1. The predicted molar refractivity (Wildman–Crippen MR) is 116 cm³/mol. The number of hydrogen-bond donors (Lipinski definition) is 1. The number of nitrogens with zero attached hydrogens (tertiary/aromatic N) is 3. The van der Waals surface area contributed by atoms with E-state index < -0.39 is 0 Å². The zero-order valence-electron chi connectivity index (χ0n) is 15.8. The molecule has 2 heterocycles. The summed E-state index contributed by atoms with van der Waals surface area (Å²) < 4.78 is 7.35. The van der Waals surface area contributed by atoms with Crippen molar-refractivity contribution in [2.24, 2.45) is 0 Å². The number of halogens is 1. The van der Waals surface area contributed by atoms with Crippen LogP contribution in [0, 0.1) is 6.92 Å². The van der Waals surface area contributed by atoms with Gasteiger partial charge in [0.15, 0.2) is 16.6 Å². The highest BCUT2D eigenvalue weighted by Crippen LogP contribution is 2.24. The fourth-order valence-electron chi connectivity index (χ4n) is 2.78. The summed E-state index contributed by atoms with van der Waals surface area (Å²) in [6, 6.07) is 16.9. The van der Waals surface area contributed by atoms with E-state index in [9.17, 15) is 4.79 Å². The molecule has 0 bridgehead atoms. The molecule has 0 spiro atoms. The quantitative estimate of drug-likeness (QED) is 0.345. The van der Waals surface area contributed by atoms with E-state index in [0.717, 1.165) is 17.7 Å². The molecule has 0 aliphatic rings. The highest BCUT2D eigenvalue weighted by atomic mass is 35.5. The van der Waals surface area contributed by atoms with Crippen LogP contribution in [-0.2, 0) is 0 Å². The van der Waals surface area contributed by atoms with Crippen molar-refractivity contribution in [1.82, 2.24) is 19.6 Å². The molecule has 0 saturated heterocycles. The highest BCUT2D eigenvalue weighted by Gasteiger charge is 2.11. The Hall–Kier alpha value is -2.77. The molecule has 29 heavy (non-hydrogen) atoms. The van der Waals surface area contributed by atoms with Gasteiger partial charge in [0.05, 0.1) is 11.6 Å². The Balaban J connectivity index is 1.48. The molecule has 6 nitrogen and oxygen atoms in total. The average molecular weight is 427 g/mol. The lowest BCUT2D eigenvalue weighted by Gasteiger charge is -2.09. The number of ether oxygens (including phenoxy) is 1. The van der Waals surface area contributed by atoms with Crippen LogP contribution in [0.3, 0.4) is 0 Å². The lowest BCUT2D eigenvalue weighted by atomic mass is 10.1. The lowest BCUT2D eigenvalue weighted by Crippen LogP contribution is -2.05. The van der Waals surface area contributed by atoms with Crippen LogP contribution >= 0.6 is 23.4 Å². The second-order valence-corrected chi connectivity index (χ2v) is 7.96. The number of hydrogen-bond acceptors (Lipinski definition) is 5. The minimum absolute atomic E-state index is 0.204. The minimum atomic E-state index is -0.204. The van der Waals surface area contributed by atoms with Crippen LogP contribution in [0.2, 0.25) is 5.02 Å². The van der Waals surface area contributed by atoms with Gasteiger partial charge in [0, 0.05) is 17.4 Å². The molecule has 0 radical (unpaired) electrons. The molecule has 1 N–H and O–H groups in total. The summed E-state index contributed by atoms with van der Waals surface area (Å²) in [6.45, 7) is 2.57. The normalized spacial score (nSPS) is 11.1. The molecule has 0 atom stereocenters. The van der Waals surface area contributed by atoms with E-state index in [0.29, 0.717) is 34.0 Å². The molecule has 0 fully saturated rings. The van der Waals surface area contributed by atoms with E-state index in [2.05, 4.69) is 15.1 Å². The summed E-state index contributed by atoms with van der Waals surface area (Å²) in [4.78, 5) is 21.0. The lowest BCUT2D eigenvalue weighted by molar-refractivity contribution is 0.319. The Labute approximate surface area is 176 Å². The van der Waals surface area contributed by atoms with E-state index in [4.69, 9.17) is 16.3 Å². The van der Waals surface area contributed by atoms with Crippen LogP contribution in [0.15, 0.2) is 64.5 Å². The van der Waals surface area contributed by atoms with Crippen molar-refractivity contribution >= 4 is 29.0 Å². The molecule has 0 saturated carbocycles. The van der Waals surface area contributed by atoms with Gasteiger partial charge in [0.1, 0.15) is 5.75 Å². The summed E-state index contributed by atoms with van der Waals surface area (Å²) in [7, 11) is 0. The highest BCUT2D eigenvalue weighted by molar-refractivity contribution is 7.99. The van der Waals surface area contributed by atoms with Crippen LogP contribution < -0.4 is 10.3 Å². The van der Waals surface area contributed by atoms with E-state index in [1.807, 2.05) is 49.4 Å². The summed E-state index contributed by atoms with van der Waals surface area (Å²) in [5.74, 6) is 2.04. The minimum Gasteiger partial charge on any atom is -0.492 e. The van der Waals surface area contributed by atoms with Crippen LogP contribution in [0.1, 0.15) is 12.0 Å². The molecule has 4 aromatic rings. The Kier molecular flexibility index (Phi) is 5.87. The molecule has 0 aliphatic heterocycles. The first-order valence-corrected chi connectivity index (χ1v) is 10.5. The van der Waals surface area contributed by atoms with Crippen LogP contribution in [0.25, 0.3) is 17.0 Å². The topological polar surface area (TPSA) is 72.3 Å². The largest absolute Gasteiger partial charge is 0.492 e. The fraction of sp³-hybridized carbons (Fsp3) is 0.190. The second-order valence-electron chi connectivity index (χ2n) is 6.49. The van der Waals surface area contributed by atoms with Crippen LogP contribution in [0.5, 0.6) is 5.75 Å². The van der Waals surface area contributed by atoms with E-state index in [1.165, 1.54) is 11.6 Å². The number of rotatable bonds is 7. The van der Waals surface area contributed by atoms with E-state index in [-0.39, 0.29) is 5.56 Å². The predicted octanol–water partition coefficient (Wildman–Crippen LogP) is 4.61. The third-order valence-corrected chi connectivity index (χ3v) is 5.59. The van der Waals surface area contributed by atoms with E-state index >= 15 is 0 Å². The van der Waals surface area contributed by atoms with Gasteiger partial charge >= 0.3 is 0 Å². The third kappa shape index (κ3) is 4.63. The van der Waals surface area contributed by atoms with Gasteiger partial charge in [-0.2, -0.15) is 0 Å². The molecular weight excluding hydrogens is 408 g/mol. The van der Waals surface area contributed by atoms with Crippen molar-refractivity contribution in [2.75, 3.05) is 12.4 Å².